The molecule has 0 saturated heterocycles. The van der Waals surface area contributed by atoms with Gasteiger partial charge in [0, 0.05) is 31.5 Å². The molecular weight excluding hydrogens is 212 g/mol. The van der Waals surface area contributed by atoms with E-state index in [2.05, 4.69) is 21.5 Å². The van der Waals surface area contributed by atoms with Crippen molar-refractivity contribution in [1.82, 2.24) is 14.5 Å². The lowest BCUT2D eigenvalue weighted by molar-refractivity contribution is 0.266. The number of imidazole rings is 1. The van der Waals surface area contributed by atoms with Gasteiger partial charge < -0.3 is 10.3 Å². The molecule has 0 amide bonds. The molecule has 4 nitrogen and oxygen atoms in total. The molecule has 2 N–H and O–H groups in total. The summed E-state index contributed by atoms with van der Waals surface area (Å²) in [7, 11) is 4.19. The van der Waals surface area contributed by atoms with E-state index in [0.717, 1.165) is 25.3 Å². The van der Waals surface area contributed by atoms with Crippen molar-refractivity contribution in [3.63, 3.8) is 0 Å². The maximum atomic E-state index is 6.36. The molecule has 1 aromatic heterocycles. The van der Waals surface area contributed by atoms with Crippen molar-refractivity contribution < 1.29 is 0 Å². The van der Waals surface area contributed by atoms with E-state index in [0.29, 0.717) is 0 Å². The molecule has 0 aliphatic heterocycles. The van der Waals surface area contributed by atoms with Gasteiger partial charge in [0.05, 0.1) is 6.54 Å². The summed E-state index contributed by atoms with van der Waals surface area (Å²) >= 11 is 0. The van der Waals surface area contributed by atoms with Crippen LogP contribution in [-0.2, 0) is 13.6 Å². The molecule has 4 heteroatoms. The summed E-state index contributed by atoms with van der Waals surface area (Å²) < 4.78 is 2.07. The largest absolute Gasteiger partial charge is 0.337 e. The lowest BCUT2D eigenvalue weighted by Crippen LogP contribution is -2.39. The summed E-state index contributed by atoms with van der Waals surface area (Å²) in [5, 5.41) is 0. The van der Waals surface area contributed by atoms with Crippen molar-refractivity contribution in [2.45, 2.75) is 44.2 Å². The summed E-state index contributed by atoms with van der Waals surface area (Å²) in [6, 6.07) is 0. The standard InChI is InChI=1S/C13H24N4/c1-16(11-12-15-8-10-17(12)2)9-7-13(14)5-3-4-6-13/h8,10H,3-7,9,11,14H2,1-2H3. The number of rotatable bonds is 5. The number of nitrogens with zero attached hydrogens (tertiary/aromatic N) is 3. The molecule has 1 aliphatic carbocycles. The average molecular weight is 236 g/mol. The zero-order valence-corrected chi connectivity index (χ0v) is 11.0. The van der Waals surface area contributed by atoms with Gasteiger partial charge in [-0.3, -0.25) is 4.90 Å². The first-order chi connectivity index (χ1) is 8.09. The van der Waals surface area contributed by atoms with E-state index in [1.807, 2.05) is 19.4 Å². The van der Waals surface area contributed by atoms with Crippen molar-refractivity contribution in [3.8, 4) is 0 Å². The van der Waals surface area contributed by atoms with Gasteiger partial charge in [-0.1, -0.05) is 12.8 Å². The first-order valence-corrected chi connectivity index (χ1v) is 6.53. The molecule has 1 saturated carbocycles. The smallest absolute Gasteiger partial charge is 0.122 e. The van der Waals surface area contributed by atoms with Gasteiger partial charge in [-0.15, -0.1) is 0 Å². The van der Waals surface area contributed by atoms with Crippen molar-refractivity contribution in [1.29, 1.82) is 0 Å². The Kier molecular flexibility index (Phi) is 3.84. The number of aryl methyl sites for hydroxylation is 1. The molecule has 0 atom stereocenters. The van der Waals surface area contributed by atoms with Gasteiger partial charge in [-0.05, 0) is 26.3 Å². The second-order valence-corrected chi connectivity index (χ2v) is 5.51. The van der Waals surface area contributed by atoms with Gasteiger partial charge in [0.1, 0.15) is 5.82 Å². The number of aromatic nitrogens is 2. The highest BCUT2D eigenvalue weighted by atomic mass is 15.1. The number of hydrogen-bond acceptors (Lipinski definition) is 3. The van der Waals surface area contributed by atoms with Crippen molar-refractivity contribution in [2.75, 3.05) is 13.6 Å². The zero-order valence-electron chi connectivity index (χ0n) is 11.0. The number of nitrogens with two attached hydrogens (primary N) is 1. The minimum Gasteiger partial charge on any atom is -0.337 e. The summed E-state index contributed by atoms with van der Waals surface area (Å²) in [4.78, 5) is 6.66. The van der Waals surface area contributed by atoms with Gasteiger partial charge in [0.15, 0.2) is 0 Å². The van der Waals surface area contributed by atoms with Crippen LogP contribution in [-0.4, -0.2) is 33.6 Å². The van der Waals surface area contributed by atoms with E-state index < -0.39 is 0 Å². The van der Waals surface area contributed by atoms with E-state index in [4.69, 9.17) is 5.73 Å². The van der Waals surface area contributed by atoms with Crippen LogP contribution in [0, 0.1) is 0 Å². The summed E-state index contributed by atoms with van der Waals surface area (Å²) in [5.41, 5.74) is 6.47. The van der Waals surface area contributed by atoms with Crippen LogP contribution < -0.4 is 5.73 Å². The van der Waals surface area contributed by atoms with Gasteiger partial charge in [-0.2, -0.15) is 0 Å². The monoisotopic (exact) mass is 236 g/mol. The Morgan fingerprint density at radius 2 is 2.18 bits per heavy atom. The normalized spacial score (nSPS) is 19.1. The van der Waals surface area contributed by atoms with Crippen LogP contribution in [0.1, 0.15) is 37.9 Å². The predicted molar refractivity (Wildman–Crippen MR) is 69.5 cm³/mol. The third-order valence-electron chi connectivity index (χ3n) is 3.92. The topological polar surface area (TPSA) is 47.1 Å². The molecule has 0 radical (unpaired) electrons. The molecule has 2 rings (SSSR count). The minimum absolute atomic E-state index is 0.107. The van der Waals surface area contributed by atoms with Crippen LogP contribution in [0.4, 0.5) is 0 Å². The first kappa shape index (κ1) is 12.6. The molecule has 17 heavy (non-hydrogen) atoms. The minimum atomic E-state index is 0.107. The first-order valence-electron chi connectivity index (χ1n) is 6.53. The van der Waals surface area contributed by atoms with Crippen LogP contribution >= 0.6 is 0 Å². The van der Waals surface area contributed by atoms with Crippen LogP contribution in [0.5, 0.6) is 0 Å². The van der Waals surface area contributed by atoms with Crippen molar-refractivity contribution >= 4 is 0 Å². The highest BCUT2D eigenvalue weighted by Gasteiger charge is 2.28. The highest BCUT2D eigenvalue weighted by Crippen LogP contribution is 2.30. The Morgan fingerprint density at radius 1 is 1.47 bits per heavy atom. The summed E-state index contributed by atoms with van der Waals surface area (Å²) in [5.74, 6) is 1.12. The molecule has 0 unspecified atom stereocenters. The zero-order chi connectivity index (χ0) is 12.3. The molecular formula is C13H24N4. The molecule has 0 spiro atoms. The fourth-order valence-electron chi connectivity index (χ4n) is 2.61. The molecule has 0 bridgehead atoms. The molecule has 1 aromatic rings. The second kappa shape index (κ2) is 5.19. The van der Waals surface area contributed by atoms with E-state index in [-0.39, 0.29) is 5.54 Å². The lowest BCUT2D eigenvalue weighted by Gasteiger charge is -2.26. The van der Waals surface area contributed by atoms with Crippen LogP contribution in [0.3, 0.4) is 0 Å². The summed E-state index contributed by atoms with van der Waals surface area (Å²) in [6.45, 7) is 1.96. The number of hydrogen-bond donors (Lipinski definition) is 1. The Balaban J connectivity index is 1.78. The Morgan fingerprint density at radius 3 is 2.76 bits per heavy atom. The summed E-state index contributed by atoms with van der Waals surface area (Å²) in [6.07, 6.45) is 9.95. The maximum Gasteiger partial charge on any atom is 0.122 e. The average Bonchev–Trinajstić information content (AvgIpc) is 2.87. The maximum absolute atomic E-state index is 6.36. The SMILES string of the molecule is CN(CCC1(N)CCCC1)Cc1nccn1C. The molecule has 1 heterocycles. The Hall–Kier alpha value is -0.870. The van der Waals surface area contributed by atoms with E-state index >= 15 is 0 Å². The second-order valence-electron chi connectivity index (χ2n) is 5.51. The van der Waals surface area contributed by atoms with Crippen LogP contribution in [0.2, 0.25) is 0 Å². The third-order valence-corrected chi connectivity index (χ3v) is 3.92. The van der Waals surface area contributed by atoms with E-state index in [9.17, 15) is 0 Å². The van der Waals surface area contributed by atoms with Crippen LogP contribution in [0.25, 0.3) is 0 Å². The molecule has 0 aromatic carbocycles. The third kappa shape index (κ3) is 3.30. The fourth-order valence-corrected chi connectivity index (χ4v) is 2.61. The van der Waals surface area contributed by atoms with Crippen molar-refractivity contribution in [3.05, 3.63) is 18.2 Å². The Labute approximate surface area is 104 Å². The van der Waals surface area contributed by atoms with Crippen molar-refractivity contribution in [2.24, 2.45) is 12.8 Å². The van der Waals surface area contributed by atoms with E-state index in [1.165, 1.54) is 25.7 Å². The highest BCUT2D eigenvalue weighted by molar-refractivity contribution is 4.92. The van der Waals surface area contributed by atoms with Gasteiger partial charge in [0.25, 0.3) is 0 Å². The van der Waals surface area contributed by atoms with Crippen LogP contribution in [0.15, 0.2) is 12.4 Å². The predicted octanol–water partition coefficient (Wildman–Crippen LogP) is 1.51. The van der Waals surface area contributed by atoms with Gasteiger partial charge in [-0.25, -0.2) is 4.98 Å². The van der Waals surface area contributed by atoms with Gasteiger partial charge in [0.2, 0.25) is 0 Å². The quantitative estimate of drug-likeness (QED) is 0.843. The Bertz CT molecular complexity index is 352. The van der Waals surface area contributed by atoms with Gasteiger partial charge >= 0.3 is 0 Å². The lowest BCUT2D eigenvalue weighted by atomic mass is 9.94. The van der Waals surface area contributed by atoms with E-state index in [1.54, 1.807) is 0 Å². The molecule has 96 valence electrons. The molecule has 1 fully saturated rings. The molecule has 1 aliphatic rings. The fraction of sp³-hybridized carbons (Fsp3) is 0.769.